The zero-order valence-corrected chi connectivity index (χ0v) is 7.74. The van der Waals surface area contributed by atoms with Gasteiger partial charge in [-0.1, -0.05) is 6.07 Å². The summed E-state index contributed by atoms with van der Waals surface area (Å²) in [4.78, 5) is 0. The molecule has 3 nitrogen and oxygen atoms in total. The summed E-state index contributed by atoms with van der Waals surface area (Å²) >= 11 is 0. The first-order chi connectivity index (χ1) is 6.15. The Hall–Kier alpha value is -1.69. The van der Waals surface area contributed by atoms with Crippen molar-refractivity contribution in [2.75, 3.05) is 5.73 Å². The Labute approximate surface area is 77.7 Å². The van der Waals surface area contributed by atoms with Crippen LogP contribution in [0, 0.1) is 11.3 Å². The van der Waals surface area contributed by atoms with Crippen LogP contribution in [-0.2, 0) is 0 Å². The van der Waals surface area contributed by atoms with Crippen molar-refractivity contribution in [3.8, 4) is 11.8 Å². The Kier molecular flexibility index (Phi) is 2.76. The van der Waals surface area contributed by atoms with Gasteiger partial charge < -0.3 is 10.5 Å². The molecule has 0 aromatic heterocycles. The summed E-state index contributed by atoms with van der Waals surface area (Å²) in [6, 6.07) is 7.19. The molecule has 0 atom stereocenters. The summed E-state index contributed by atoms with van der Waals surface area (Å²) in [6.45, 7) is 3.83. The molecule has 0 fully saturated rings. The predicted molar refractivity (Wildman–Crippen MR) is 51.3 cm³/mol. The maximum atomic E-state index is 8.69. The van der Waals surface area contributed by atoms with E-state index in [-0.39, 0.29) is 6.10 Å². The lowest BCUT2D eigenvalue weighted by atomic mass is 10.2. The summed E-state index contributed by atoms with van der Waals surface area (Å²) in [5.41, 5.74) is 6.57. The molecule has 0 radical (unpaired) electrons. The number of ether oxygens (including phenoxy) is 1. The number of nitriles is 1. The van der Waals surface area contributed by atoms with Crippen LogP contribution in [-0.4, -0.2) is 6.10 Å². The van der Waals surface area contributed by atoms with E-state index in [1.807, 2.05) is 19.9 Å². The van der Waals surface area contributed by atoms with Crippen LogP contribution in [0.2, 0.25) is 0 Å². The summed E-state index contributed by atoms with van der Waals surface area (Å²) in [5.74, 6) is 0.578. The van der Waals surface area contributed by atoms with Crippen molar-refractivity contribution >= 4 is 5.69 Å². The Balaban J connectivity index is 3.03. The van der Waals surface area contributed by atoms with E-state index in [4.69, 9.17) is 15.7 Å². The lowest BCUT2D eigenvalue weighted by Gasteiger charge is -2.12. The molecule has 0 saturated carbocycles. The first kappa shape index (κ1) is 9.40. The number of nitrogens with zero attached hydrogens (tertiary/aromatic N) is 1. The molecule has 3 heteroatoms. The first-order valence-corrected chi connectivity index (χ1v) is 4.10. The second-order valence-electron chi connectivity index (χ2n) is 3.00. The number of hydrogen-bond acceptors (Lipinski definition) is 3. The van der Waals surface area contributed by atoms with Gasteiger partial charge in [0.1, 0.15) is 11.8 Å². The molecule has 1 aromatic carbocycles. The molecule has 0 saturated heterocycles. The highest BCUT2D eigenvalue weighted by Gasteiger charge is 2.06. The second kappa shape index (κ2) is 3.81. The fraction of sp³-hybridized carbons (Fsp3) is 0.300. The van der Waals surface area contributed by atoms with Gasteiger partial charge in [0.25, 0.3) is 0 Å². The van der Waals surface area contributed by atoms with Crippen LogP contribution < -0.4 is 10.5 Å². The van der Waals surface area contributed by atoms with Gasteiger partial charge >= 0.3 is 0 Å². The highest BCUT2D eigenvalue weighted by Crippen LogP contribution is 2.25. The number of benzene rings is 1. The molecule has 0 aliphatic rings. The third-order valence-corrected chi connectivity index (χ3v) is 1.55. The quantitative estimate of drug-likeness (QED) is 0.700. The number of rotatable bonds is 2. The molecule has 0 amide bonds. The number of anilines is 1. The van der Waals surface area contributed by atoms with E-state index in [0.717, 1.165) is 0 Å². The molecular formula is C10H12N2O. The van der Waals surface area contributed by atoms with Gasteiger partial charge in [-0.3, -0.25) is 0 Å². The number of nitrogen functional groups attached to an aromatic ring is 1. The van der Waals surface area contributed by atoms with E-state index in [1.54, 1.807) is 18.2 Å². The van der Waals surface area contributed by atoms with Crippen LogP contribution in [0.15, 0.2) is 18.2 Å². The van der Waals surface area contributed by atoms with Crippen molar-refractivity contribution in [3.63, 3.8) is 0 Å². The third kappa shape index (κ3) is 2.12. The topological polar surface area (TPSA) is 59.0 Å². The average molecular weight is 176 g/mol. The summed E-state index contributed by atoms with van der Waals surface area (Å²) in [5, 5.41) is 8.69. The number of hydrogen-bond donors (Lipinski definition) is 1. The molecule has 0 bridgehead atoms. The third-order valence-electron chi connectivity index (χ3n) is 1.55. The molecule has 68 valence electrons. The lowest BCUT2D eigenvalue weighted by molar-refractivity contribution is 0.244. The molecule has 0 heterocycles. The van der Waals surface area contributed by atoms with Crippen molar-refractivity contribution in [2.45, 2.75) is 20.0 Å². The van der Waals surface area contributed by atoms with Gasteiger partial charge in [0.15, 0.2) is 0 Å². The van der Waals surface area contributed by atoms with Gasteiger partial charge in [-0.05, 0) is 26.0 Å². The maximum absolute atomic E-state index is 8.69. The molecule has 1 aromatic rings. The first-order valence-electron chi connectivity index (χ1n) is 4.10. The monoisotopic (exact) mass is 176 g/mol. The van der Waals surface area contributed by atoms with Gasteiger partial charge in [-0.15, -0.1) is 0 Å². The highest BCUT2D eigenvalue weighted by atomic mass is 16.5. The van der Waals surface area contributed by atoms with Crippen LogP contribution in [0.1, 0.15) is 19.4 Å². The van der Waals surface area contributed by atoms with Crippen molar-refractivity contribution in [1.29, 1.82) is 5.26 Å². The Bertz CT molecular complexity index is 339. The van der Waals surface area contributed by atoms with Gasteiger partial charge in [0.2, 0.25) is 0 Å². The predicted octanol–water partition coefficient (Wildman–Crippen LogP) is 1.93. The molecule has 0 aliphatic carbocycles. The maximum Gasteiger partial charge on any atom is 0.143 e. The van der Waals surface area contributed by atoms with E-state index < -0.39 is 0 Å². The van der Waals surface area contributed by atoms with Crippen LogP contribution in [0.3, 0.4) is 0 Å². The SMILES string of the molecule is CC(C)Oc1cccc(C#N)c1N. The lowest BCUT2D eigenvalue weighted by Crippen LogP contribution is -2.07. The van der Waals surface area contributed by atoms with Crippen LogP contribution in [0.5, 0.6) is 5.75 Å². The summed E-state index contributed by atoms with van der Waals surface area (Å²) < 4.78 is 5.41. The molecule has 1 rings (SSSR count). The normalized spacial score (nSPS) is 9.69. The van der Waals surface area contributed by atoms with Crippen molar-refractivity contribution in [3.05, 3.63) is 23.8 Å². The Morgan fingerprint density at radius 2 is 2.15 bits per heavy atom. The zero-order valence-electron chi connectivity index (χ0n) is 7.74. The smallest absolute Gasteiger partial charge is 0.143 e. The van der Waals surface area contributed by atoms with Crippen molar-refractivity contribution in [2.24, 2.45) is 0 Å². The Morgan fingerprint density at radius 3 is 2.69 bits per heavy atom. The van der Waals surface area contributed by atoms with Crippen molar-refractivity contribution in [1.82, 2.24) is 0 Å². The van der Waals surface area contributed by atoms with E-state index >= 15 is 0 Å². The summed E-state index contributed by atoms with van der Waals surface area (Å²) in [7, 11) is 0. The Morgan fingerprint density at radius 1 is 1.46 bits per heavy atom. The molecular weight excluding hydrogens is 164 g/mol. The van der Waals surface area contributed by atoms with E-state index in [2.05, 4.69) is 0 Å². The van der Waals surface area contributed by atoms with Gasteiger partial charge in [-0.25, -0.2) is 0 Å². The van der Waals surface area contributed by atoms with Gasteiger partial charge in [0, 0.05) is 0 Å². The minimum Gasteiger partial charge on any atom is -0.489 e. The zero-order chi connectivity index (χ0) is 9.84. The minimum absolute atomic E-state index is 0.0660. The van der Waals surface area contributed by atoms with E-state index in [9.17, 15) is 0 Å². The fourth-order valence-corrected chi connectivity index (χ4v) is 0.998. The van der Waals surface area contributed by atoms with E-state index in [1.165, 1.54) is 0 Å². The standard InChI is InChI=1S/C10H12N2O/c1-7(2)13-9-5-3-4-8(6-11)10(9)12/h3-5,7H,12H2,1-2H3. The molecule has 0 aliphatic heterocycles. The van der Waals surface area contributed by atoms with Crippen molar-refractivity contribution < 1.29 is 4.74 Å². The van der Waals surface area contributed by atoms with Crippen LogP contribution >= 0.6 is 0 Å². The fourth-order valence-electron chi connectivity index (χ4n) is 0.998. The average Bonchev–Trinajstić information content (AvgIpc) is 2.08. The largest absolute Gasteiger partial charge is 0.489 e. The van der Waals surface area contributed by atoms with E-state index in [0.29, 0.717) is 17.0 Å². The van der Waals surface area contributed by atoms with Gasteiger partial charge in [-0.2, -0.15) is 5.26 Å². The number of para-hydroxylation sites is 1. The highest BCUT2D eigenvalue weighted by molar-refractivity contribution is 5.63. The van der Waals surface area contributed by atoms with Crippen LogP contribution in [0.25, 0.3) is 0 Å². The van der Waals surface area contributed by atoms with Crippen LogP contribution in [0.4, 0.5) is 5.69 Å². The molecule has 13 heavy (non-hydrogen) atoms. The molecule has 0 spiro atoms. The second-order valence-corrected chi connectivity index (χ2v) is 3.00. The molecule has 0 unspecified atom stereocenters. The minimum atomic E-state index is 0.0660. The summed E-state index contributed by atoms with van der Waals surface area (Å²) in [6.07, 6.45) is 0.0660. The number of nitrogens with two attached hydrogens (primary N) is 1. The van der Waals surface area contributed by atoms with Gasteiger partial charge in [0.05, 0.1) is 17.4 Å². The molecule has 2 N–H and O–H groups in total.